The van der Waals surface area contributed by atoms with Crippen molar-refractivity contribution >= 4 is 17.4 Å². The van der Waals surface area contributed by atoms with Crippen LogP contribution >= 0.6 is 11.6 Å². The molecule has 2 rings (SSSR count). The predicted octanol–water partition coefficient (Wildman–Crippen LogP) is 4.30. The zero-order valence-corrected chi connectivity index (χ0v) is 10.6. The summed E-state index contributed by atoms with van der Waals surface area (Å²) in [4.78, 5) is 12.1. The average Bonchev–Trinajstić information content (AvgIpc) is 2.41. The van der Waals surface area contributed by atoms with E-state index in [2.05, 4.69) is 0 Å². The van der Waals surface area contributed by atoms with E-state index in [1.165, 1.54) is 6.07 Å². The normalized spacial score (nSPS) is 12.2. The van der Waals surface area contributed by atoms with Gasteiger partial charge >= 0.3 is 0 Å². The molecule has 0 N–H and O–H groups in total. The van der Waals surface area contributed by atoms with Gasteiger partial charge in [0.1, 0.15) is 11.2 Å². The molecule has 0 aliphatic rings. The van der Waals surface area contributed by atoms with Crippen molar-refractivity contribution in [3.05, 3.63) is 71.0 Å². The Hall–Kier alpha value is -1.67. The maximum absolute atomic E-state index is 13.8. The topological polar surface area (TPSA) is 17.1 Å². The average molecular weight is 263 g/mol. The lowest BCUT2D eigenvalue weighted by atomic mass is 10.0. The van der Waals surface area contributed by atoms with Gasteiger partial charge < -0.3 is 0 Å². The zero-order chi connectivity index (χ0) is 13.1. The molecule has 0 saturated heterocycles. The Kier molecular flexibility index (Phi) is 3.78. The molecule has 0 amide bonds. The molecule has 0 heterocycles. The van der Waals surface area contributed by atoms with Crippen molar-refractivity contribution in [3.8, 4) is 0 Å². The lowest BCUT2D eigenvalue weighted by Crippen LogP contribution is -2.10. The number of rotatable bonds is 3. The largest absolute Gasteiger partial charge is 0.292 e. The van der Waals surface area contributed by atoms with E-state index in [1.54, 1.807) is 43.3 Å². The Morgan fingerprint density at radius 1 is 1.11 bits per heavy atom. The van der Waals surface area contributed by atoms with Crippen LogP contribution in [0.5, 0.6) is 0 Å². The molecule has 2 aromatic carbocycles. The van der Waals surface area contributed by atoms with E-state index in [1.807, 2.05) is 6.07 Å². The number of ketones is 1. The minimum Gasteiger partial charge on any atom is -0.292 e. The van der Waals surface area contributed by atoms with Crippen LogP contribution in [0.25, 0.3) is 0 Å². The molecule has 0 bridgehead atoms. The lowest BCUT2D eigenvalue weighted by molar-refractivity contribution is 0.0983. The summed E-state index contributed by atoms with van der Waals surface area (Å²) in [6.07, 6.45) is 0. The minimum absolute atomic E-state index is 0.0406. The Labute approximate surface area is 110 Å². The quantitative estimate of drug-likeness (QED) is 0.595. The summed E-state index contributed by atoms with van der Waals surface area (Å²) in [5.74, 6) is -0.909. The fourth-order valence-electron chi connectivity index (χ4n) is 1.75. The van der Waals surface area contributed by atoms with Crippen LogP contribution in [0.3, 0.4) is 0 Å². The van der Waals surface area contributed by atoms with Crippen molar-refractivity contribution in [2.24, 2.45) is 0 Å². The van der Waals surface area contributed by atoms with Crippen LogP contribution in [-0.2, 0) is 0 Å². The fourth-order valence-corrected chi connectivity index (χ4v) is 2.01. The number of aryl methyl sites for hydroxylation is 1. The third-order valence-electron chi connectivity index (χ3n) is 2.78. The van der Waals surface area contributed by atoms with Crippen molar-refractivity contribution < 1.29 is 9.18 Å². The number of alkyl halides is 1. The van der Waals surface area contributed by atoms with Crippen LogP contribution < -0.4 is 0 Å². The summed E-state index contributed by atoms with van der Waals surface area (Å²) in [5.41, 5.74) is 1.15. The lowest BCUT2D eigenvalue weighted by Gasteiger charge is -2.10. The van der Waals surface area contributed by atoms with Gasteiger partial charge in [0.05, 0.1) is 5.56 Å². The highest BCUT2D eigenvalue weighted by atomic mass is 35.5. The standard InChI is InChI=1S/C15H12ClFO/c1-10-6-5-9-12(14(10)17)15(18)13(16)11-7-3-2-4-8-11/h2-9,13H,1H3. The zero-order valence-electron chi connectivity index (χ0n) is 9.86. The molecule has 1 atom stereocenters. The van der Waals surface area contributed by atoms with E-state index in [9.17, 15) is 9.18 Å². The molecule has 0 spiro atoms. The summed E-state index contributed by atoms with van der Waals surface area (Å²) in [6.45, 7) is 1.62. The molecule has 92 valence electrons. The van der Waals surface area contributed by atoms with Crippen molar-refractivity contribution in [3.63, 3.8) is 0 Å². The van der Waals surface area contributed by atoms with Gasteiger partial charge in [-0.2, -0.15) is 0 Å². The molecular formula is C15H12ClFO. The fraction of sp³-hybridized carbons (Fsp3) is 0.133. The van der Waals surface area contributed by atoms with E-state index < -0.39 is 17.0 Å². The van der Waals surface area contributed by atoms with Gasteiger partial charge in [-0.15, -0.1) is 11.6 Å². The molecule has 18 heavy (non-hydrogen) atoms. The monoisotopic (exact) mass is 262 g/mol. The first-order chi connectivity index (χ1) is 8.61. The highest BCUT2D eigenvalue weighted by Crippen LogP contribution is 2.26. The Morgan fingerprint density at radius 2 is 1.78 bits per heavy atom. The summed E-state index contributed by atoms with van der Waals surface area (Å²) >= 11 is 6.10. The third-order valence-corrected chi connectivity index (χ3v) is 3.23. The van der Waals surface area contributed by atoms with Crippen molar-refractivity contribution in [2.45, 2.75) is 12.3 Å². The second-order valence-electron chi connectivity index (χ2n) is 4.07. The molecule has 1 nitrogen and oxygen atoms in total. The number of halogens is 2. The van der Waals surface area contributed by atoms with Crippen molar-refractivity contribution in [1.29, 1.82) is 0 Å². The predicted molar refractivity (Wildman–Crippen MR) is 70.5 cm³/mol. The summed E-state index contributed by atoms with van der Waals surface area (Å²) in [5, 5.41) is -0.859. The summed E-state index contributed by atoms with van der Waals surface area (Å²) in [6, 6.07) is 13.7. The second kappa shape index (κ2) is 5.32. The Balaban J connectivity index is 2.35. The number of hydrogen-bond donors (Lipinski definition) is 0. The van der Waals surface area contributed by atoms with Crippen LogP contribution in [0.15, 0.2) is 48.5 Å². The first-order valence-corrected chi connectivity index (χ1v) is 6.03. The summed E-state index contributed by atoms with van der Waals surface area (Å²) in [7, 11) is 0. The molecule has 2 aromatic rings. The van der Waals surface area contributed by atoms with E-state index >= 15 is 0 Å². The van der Waals surface area contributed by atoms with Crippen LogP contribution in [0.2, 0.25) is 0 Å². The molecule has 0 saturated carbocycles. The highest BCUT2D eigenvalue weighted by molar-refractivity contribution is 6.33. The number of Topliss-reactive ketones (excluding diaryl/α,β-unsaturated/α-hetero) is 1. The highest BCUT2D eigenvalue weighted by Gasteiger charge is 2.22. The van der Waals surface area contributed by atoms with E-state index in [0.29, 0.717) is 11.1 Å². The molecule has 0 aliphatic carbocycles. The van der Waals surface area contributed by atoms with E-state index in [-0.39, 0.29) is 5.56 Å². The molecule has 1 unspecified atom stereocenters. The maximum Gasteiger partial charge on any atom is 0.188 e. The third kappa shape index (κ3) is 2.44. The van der Waals surface area contributed by atoms with Gasteiger partial charge in [0.2, 0.25) is 0 Å². The van der Waals surface area contributed by atoms with Gasteiger partial charge in [0, 0.05) is 0 Å². The summed E-state index contributed by atoms with van der Waals surface area (Å²) < 4.78 is 13.8. The minimum atomic E-state index is -0.859. The van der Waals surface area contributed by atoms with Gasteiger partial charge in [-0.3, -0.25) is 4.79 Å². The smallest absolute Gasteiger partial charge is 0.188 e. The van der Waals surface area contributed by atoms with E-state index in [4.69, 9.17) is 11.6 Å². The Morgan fingerprint density at radius 3 is 2.44 bits per heavy atom. The van der Waals surface area contributed by atoms with Gasteiger partial charge in [-0.25, -0.2) is 4.39 Å². The molecule has 0 radical (unpaired) electrons. The van der Waals surface area contributed by atoms with Gasteiger partial charge in [0.25, 0.3) is 0 Å². The number of benzene rings is 2. The van der Waals surface area contributed by atoms with Crippen molar-refractivity contribution in [1.82, 2.24) is 0 Å². The number of hydrogen-bond acceptors (Lipinski definition) is 1. The SMILES string of the molecule is Cc1cccc(C(=O)C(Cl)c2ccccc2)c1F. The van der Waals surface area contributed by atoms with Gasteiger partial charge in [-0.1, -0.05) is 42.5 Å². The van der Waals surface area contributed by atoms with Crippen LogP contribution in [0, 0.1) is 12.7 Å². The van der Waals surface area contributed by atoms with Gasteiger partial charge in [-0.05, 0) is 24.1 Å². The molecule has 0 aromatic heterocycles. The van der Waals surface area contributed by atoms with Crippen LogP contribution in [0.1, 0.15) is 26.9 Å². The number of carbonyl (C=O) groups excluding carboxylic acids is 1. The van der Waals surface area contributed by atoms with E-state index in [0.717, 1.165) is 0 Å². The van der Waals surface area contributed by atoms with Crippen LogP contribution in [0.4, 0.5) is 4.39 Å². The Bertz CT molecular complexity index is 566. The maximum atomic E-state index is 13.8. The van der Waals surface area contributed by atoms with Crippen LogP contribution in [-0.4, -0.2) is 5.78 Å². The first-order valence-electron chi connectivity index (χ1n) is 5.59. The second-order valence-corrected chi connectivity index (χ2v) is 4.51. The number of carbonyl (C=O) groups is 1. The molecule has 0 fully saturated rings. The molecule has 3 heteroatoms. The van der Waals surface area contributed by atoms with Crippen molar-refractivity contribution in [2.75, 3.05) is 0 Å². The molecular weight excluding hydrogens is 251 g/mol. The first kappa shape index (κ1) is 12.8. The molecule has 0 aliphatic heterocycles. The van der Waals surface area contributed by atoms with Gasteiger partial charge in [0.15, 0.2) is 5.78 Å².